The molecule has 2 rings (SSSR count). The molecule has 118 valence electrons. The summed E-state index contributed by atoms with van der Waals surface area (Å²) in [4.78, 5) is 13.7. The maximum atomic E-state index is 5.53. The first-order valence-corrected chi connectivity index (χ1v) is 8.31. The van der Waals surface area contributed by atoms with Crippen molar-refractivity contribution in [3.8, 4) is 0 Å². The van der Waals surface area contributed by atoms with Crippen LogP contribution in [0, 0.1) is 0 Å². The van der Waals surface area contributed by atoms with Crippen molar-refractivity contribution in [2.24, 2.45) is 5.73 Å². The molecule has 1 fully saturated rings. The number of aromatic nitrogens is 2. The fraction of sp³-hybridized carbons (Fsp3) is 0.750. The summed E-state index contributed by atoms with van der Waals surface area (Å²) in [5.41, 5.74) is 6.69. The van der Waals surface area contributed by atoms with E-state index in [4.69, 9.17) is 5.73 Å². The van der Waals surface area contributed by atoms with Crippen molar-refractivity contribution in [1.82, 2.24) is 14.9 Å². The van der Waals surface area contributed by atoms with Crippen LogP contribution in [0.1, 0.15) is 38.3 Å². The van der Waals surface area contributed by atoms with Gasteiger partial charge in [-0.25, -0.2) is 9.97 Å². The second-order valence-corrected chi connectivity index (χ2v) is 5.80. The van der Waals surface area contributed by atoms with Crippen LogP contribution in [0.5, 0.6) is 0 Å². The molecule has 5 nitrogen and oxygen atoms in total. The number of nitrogens with two attached hydrogens (primary N) is 1. The third kappa shape index (κ3) is 5.25. The van der Waals surface area contributed by atoms with Crippen molar-refractivity contribution in [3.63, 3.8) is 0 Å². The maximum Gasteiger partial charge on any atom is 0.132 e. The zero-order valence-electron chi connectivity index (χ0n) is 13.3. The Morgan fingerprint density at radius 2 is 1.90 bits per heavy atom. The number of rotatable bonds is 8. The van der Waals surface area contributed by atoms with Gasteiger partial charge in [-0.3, -0.25) is 4.90 Å². The van der Waals surface area contributed by atoms with E-state index in [1.165, 1.54) is 19.4 Å². The Bertz CT molecular complexity index is 401. The Kier molecular flexibility index (Phi) is 6.89. The van der Waals surface area contributed by atoms with Crippen LogP contribution in [0.15, 0.2) is 12.4 Å². The zero-order chi connectivity index (χ0) is 14.9. The highest BCUT2D eigenvalue weighted by Crippen LogP contribution is 2.15. The predicted molar refractivity (Wildman–Crippen MR) is 87.6 cm³/mol. The number of anilines is 1. The molecule has 0 aromatic carbocycles. The Balaban J connectivity index is 1.76. The van der Waals surface area contributed by atoms with Crippen molar-refractivity contribution in [1.29, 1.82) is 0 Å². The van der Waals surface area contributed by atoms with Crippen LogP contribution in [-0.4, -0.2) is 54.1 Å². The lowest BCUT2D eigenvalue weighted by Crippen LogP contribution is -2.47. The fourth-order valence-corrected chi connectivity index (χ4v) is 2.81. The number of nitrogens with zero attached hydrogens (tertiary/aromatic N) is 4. The topological polar surface area (TPSA) is 58.3 Å². The van der Waals surface area contributed by atoms with Crippen molar-refractivity contribution in [3.05, 3.63) is 18.1 Å². The molecule has 2 heterocycles. The van der Waals surface area contributed by atoms with E-state index in [1.807, 2.05) is 0 Å². The smallest absolute Gasteiger partial charge is 0.132 e. The second kappa shape index (κ2) is 8.95. The van der Waals surface area contributed by atoms with Gasteiger partial charge in [-0.1, -0.05) is 19.8 Å². The molecule has 0 atom stereocenters. The van der Waals surface area contributed by atoms with E-state index in [9.17, 15) is 0 Å². The van der Waals surface area contributed by atoms with Crippen LogP contribution in [0.3, 0.4) is 0 Å². The molecule has 5 heteroatoms. The summed E-state index contributed by atoms with van der Waals surface area (Å²) in [6.45, 7) is 8.62. The van der Waals surface area contributed by atoms with E-state index in [1.54, 1.807) is 6.33 Å². The second-order valence-electron chi connectivity index (χ2n) is 5.80. The Morgan fingerprint density at radius 1 is 1.10 bits per heavy atom. The highest BCUT2D eigenvalue weighted by molar-refractivity contribution is 5.39. The van der Waals surface area contributed by atoms with E-state index in [-0.39, 0.29) is 0 Å². The Morgan fingerprint density at radius 3 is 2.62 bits per heavy atom. The van der Waals surface area contributed by atoms with Gasteiger partial charge in [0.2, 0.25) is 0 Å². The van der Waals surface area contributed by atoms with Crippen molar-refractivity contribution >= 4 is 5.82 Å². The highest BCUT2D eigenvalue weighted by Gasteiger charge is 2.17. The molecule has 0 bridgehead atoms. The molecule has 1 aromatic heterocycles. The van der Waals surface area contributed by atoms with Crippen LogP contribution in [0.2, 0.25) is 0 Å². The zero-order valence-corrected chi connectivity index (χ0v) is 13.3. The number of piperazine rings is 1. The van der Waals surface area contributed by atoms with E-state index >= 15 is 0 Å². The summed E-state index contributed by atoms with van der Waals surface area (Å²) < 4.78 is 0. The quantitative estimate of drug-likeness (QED) is 0.739. The Hall–Kier alpha value is -1.20. The van der Waals surface area contributed by atoms with Gasteiger partial charge < -0.3 is 10.6 Å². The van der Waals surface area contributed by atoms with Crippen LogP contribution in [-0.2, 0) is 6.42 Å². The van der Waals surface area contributed by atoms with Crippen molar-refractivity contribution in [2.45, 2.75) is 39.0 Å². The SMILES string of the molecule is CCCc1cc(N2CCN(CCCCCN)CC2)ncn1. The normalized spacial score (nSPS) is 16.4. The summed E-state index contributed by atoms with van der Waals surface area (Å²) in [5, 5.41) is 0. The van der Waals surface area contributed by atoms with Gasteiger partial charge in [0.05, 0.1) is 0 Å². The summed E-state index contributed by atoms with van der Waals surface area (Å²) in [5.74, 6) is 1.09. The fourth-order valence-electron chi connectivity index (χ4n) is 2.81. The molecule has 1 aromatic rings. The molecule has 0 radical (unpaired) electrons. The van der Waals surface area contributed by atoms with E-state index in [0.717, 1.165) is 63.5 Å². The van der Waals surface area contributed by atoms with E-state index in [2.05, 4.69) is 32.8 Å². The first-order chi connectivity index (χ1) is 10.3. The molecule has 0 unspecified atom stereocenters. The summed E-state index contributed by atoms with van der Waals surface area (Å²) in [6.07, 6.45) is 7.55. The summed E-state index contributed by atoms with van der Waals surface area (Å²) in [6, 6.07) is 2.15. The van der Waals surface area contributed by atoms with Crippen molar-refractivity contribution < 1.29 is 0 Å². The van der Waals surface area contributed by atoms with Gasteiger partial charge in [0.25, 0.3) is 0 Å². The molecule has 1 saturated heterocycles. The lowest BCUT2D eigenvalue weighted by Gasteiger charge is -2.35. The molecule has 1 aliphatic heterocycles. The lowest BCUT2D eigenvalue weighted by molar-refractivity contribution is 0.252. The molecule has 1 aliphatic rings. The molecule has 2 N–H and O–H groups in total. The van der Waals surface area contributed by atoms with Gasteiger partial charge in [0, 0.05) is 37.9 Å². The molecular weight excluding hydrogens is 262 g/mol. The molecule has 0 spiro atoms. The molecule has 0 saturated carbocycles. The minimum absolute atomic E-state index is 0.821. The third-order valence-corrected chi connectivity index (χ3v) is 4.09. The molecule has 21 heavy (non-hydrogen) atoms. The van der Waals surface area contributed by atoms with Crippen molar-refractivity contribution in [2.75, 3.05) is 44.2 Å². The highest BCUT2D eigenvalue weighted by atomic mass is 15.3. The largest absolute Gasteiger partial charge is 0.354 e. The predicted octanol–water partition coefficient (Wildman–Crippen LogP) is 1.68. The van der Waals surface area contributed by atoms with E-state index in [0.29, 0.717) is 0 Å². The third-order valence-electron chi connectivity index (χ3n) is 4.09. The minimum Gasteiger partial charge on any atom is -0.354 e. The van der Waals surface area contributed by atoms with Gasteiger partial charge in [-0.2, -0.15) is 0 Å². The number of aryl methyl sites for hydroxylation is 1. The first-order valence-electron chi connectivity index (χ1n) is 8.31. The van der Waals surface area contributed by atoms with Gasteiger partial charge >= 0.3 is 0 Å². The average molecular weight is 291 g/mol. The lowest BCUT2D eigenvalue weighted by atomic mass is 10.2. The van der Waals surface area contributed by atoms with E-state index < -0.39 is 0 Å². The van der Waals surface area contributed by atoms with Gasteiger partial charge in [0.1, 0.15) is 12.1 Å². The van der Waals surface area contributed by atoms with Crippen LogP contribution >= 0.6 is 0 Å². The summed E-state index contributed by atoms with van der Waals surface area (Å²) in [7, 11) is 0. The number of hydrogen-bond acceptors (Lipinski definition) is 5. The average Bonchev–Trinajstić information content (AvgIpc) is 2.53. The molecule has 0 amide bonds. The van der Waals surface area contributed by atoms with Gasteiger partial charge in [-0.15, -0.1) is 0 Å². The number of unbranched alkanes of at least 4 members (excludes halogenated alkanes) is 2. The molecular formula is C16H29N5. The minimum atomic E-state index is 0.821. The van der Waals surface area contributed by atoms with Gasteiger partial charge in [0.15, 0.2) is 0 Å². The monoisotopic (exact) mass is 291 g/mol. The van der Waals surface area contributed by atoms with Gasteiger partial charge in [-0.05, 0) is 32.4 Å². The summed E-state index contributed by atoms with van der Waals surface area (Å²) >= 11 is 0. The van der Waals surface area contributed by atoms with Crippen LogP contribution in [0.25, 0.3) is 0 Å². The maximum absolute atomic E-state index is 5.53. The number of hydrogen-bond donors (Lipinski definition) is 1. The van der Waals surface area contributed by atoms with Crippen LogP contribution in [0.4, 0.5) is 5.82 Å². The Labute approximate surface area is 128 Å². The first kappa shape index (κ1) is 16.2. The van der Waals surface area contributed by atoms with Crippen LogP contribution < -0.4 is 10.6 Å². The molecule has 0 aliphatic carbocycles. The standard InChI is InChI=1S/C16H29N5/c1-2-6-15-13-16(19-14-18-15)21-11-9-20(10-12-21)8-5-3-4-7-17/h13-14H,2-12,17H2,1H3.